The van der Waals surface area contributed by atoms with Crippen molar-refractivity contribution in [3.8, 4) is 11.1 Å². The number of rotatable bonds is 6. The molecule has 3 aromatic rings. The van der Waals surface area contributed by atoms with Gasteiger partial charge in [0.25, 0.3) is 0 Å². The molecule has 1 N–H and O–H groups in total. The number of halogens is 5. The van der Waals surface area contributed by atoms with Gasteiger partial charge in [0.05, 0.1) is 23.3 Å². The summed E-state index contributed by atoms with van der Waals surface area (Å²) in [5.41, 5.74) is -2.34. The number of nitrogens with one attached hydrogen (secondary N) is 1. The number of sulfonamides is 1. The van der Waals surface area contributed by atoms with Gasteiger partial charge in [0.1, 0.15) is 22.9 Å². The molecule has 1 amide bonds. The molecule has 0 radical (unpaired) electrons. The van der Waals surface area contributed by atoms with Crippen LogP contribution in [-0.4, -0.2) is 40.7 Å². The van der Waals surface area contributed by atoms with Gasteiger partial charge >= 0.3 is 6.18 Å². The van der Waals surface area contributed by atoms with E-state index in [-0.39, 0.29) is 41.2 Å². The number of carbonyl (C=O) groups is 1. The van der Waals surface area contributed by atoms with Crippen molar-refractivity contribution in [3.63, 3.8) is 0 Å². The number of hydrogen-bond acceptors (Lipinski definition) is 5. The minimum absolute atomic E-state index is 0.0620. The van der Waals surface area contributed by atoms with E-state index in [9.17, 15) is 35.2 Å². The third-order valence-electron chi connectivity index (χ3n) is 6.17. The first-order valence-electron chi connectivity index (χ1n) is 11.1. The van der Waals surface area contributed by atoms with Gasteiger partial charge in [-0.1, -0.05) is 6.07 Å². The molecular formula is C24H21F5N4O3S. The van der Waals surface area contributed by atoms with Crippen LogP contribution >= 0.6 is 0 Å². The van der Waals surface area contributed by atoms with Gasteiger partial charge in [-0.15, -0.1) is 0 Å². The fourth-order valence-electron chi connectivity index (χ4n) is 4.17. The van der Waals surface area contributed by atoms with Gasteiger partial charge in [-0.05, 0) is 56.2 Å². The van der Waals surface area contributed by atoms with Crippen LogP contribution in [0.4, 0.5) is 22.0 Å². The largest absolute Gasteiger partial charge is 0.433 e. The highest BCUT2D eigenvalue weighted by Gasteiger charge is 2.49. The van der Waals surface area contributed by atoms with Gasteiger partial charge in [-0.25, -0.2) is 17.2 Å². The summed E-state index contributed by atoms with van der Waals surface area (Å²) in [6, 6.07) is 7.36. The van der Waals surface area contributed by atoms with Crippen LogP contribution in [0, 0.1) is 11.6 Å². The Bertz CT molecular complexity index is 1410. The zero-order valence-corrected chi connectivity index (χ0v) is 20.2. The maximum atomic E-state index is 14.4. The average Bonchev–Trinajstić information content (AvgIpc) is 3.27. The number of nitrogens with zero attached hydrogens (tertiary/aromatic N) is 3. The first-order chi connectivity index (χ1) is 17.3. The van der Waals surface area contributed by atoms with Crippen LogP contribution in [-0.2, 0) is 27.5 Å². The third kappa shape index (κ3) is 5.32. The molecule has 7 nitrogen and oxygen atoms in total. The average molecular weight is 541 g/mol. The number of hydrogen-bond donors (Lipinski definition) is 1. The van der Waals surface area contributed by atoms with E-state index >= 15 is 0 Å². The molecule has 13 heteroatoms. The van der Waals surface area contributed by atoms with Crippen LogP contribution in [0.5, 0.6) is 0 Å². The number of carbonyl (C=O) groups excluding carboxylic acids is 1. The summed E-state index contributed by atoms with van der Waals surface area (Å²) in [6.45, 7) is 1.37. The Morgan fingerprint density at radius 3 is 2.41 bits per heavy atom. The van der Waals surface area contributed by atoms with Crippen molar-refractivity contribution >= 4 is 15.9 Å². The van der Waals surface area contributed by atoms with E-state index in [1.807, 2.05) is 0 Å². The van der Waals surface area contributed by atoms with Crippen LogP contribution in [0.3, 0.4) is 0 Å². The monoisotopic (exact) mass is 540 g/mol. The SMILES string of the molecule is C[C@@]1(C(=O)NCc2cc(-c3ccc(C(F)(F)F)nc3)c(F)cn2)CCCN1S(=O)(=O)c1ccc(F)cc1. The lowest BCUT2D eigenvalue weighted by molar-refractivity contribution is -0.141. The second-order valence-corrected chi connectivity index (χ2v) is 10.5. The summed E-state index contributed by atoms with van der Waals surface area (Å²) >= 11 is 0. The molecule has 196 valence electrons. The van der Waals surface area contributed by atoms with E-state index in [1.165, 1.54) is 13.0 Å². The zero-order chi connectivity index (χ0) is 27.0. The smallest absolute Gasteiger partial charge is 0.349 e. The van der Waals surface area contributed by atoms with E-state index < -0.39 is 45.0 Å². The molecule has 0 bridgehead atoms. The van der Waals surface area contributed by atoms with Gasteiger partial charge < -0.3 is 5.32 Å². The maximum Gasteiger partial charge on any atom is 0.433 e. The van der Waals surface area contributed by atoms with Gasteiger partial charge in [-0.2, -0.15) is 17.5 Å². The Kier molecular flexibility index (Phi) is 7.04. The number of aromatic nitrogens is 2. The van der Waals surface area contributed by atoms with Crippen LogP contribution in [0.1, 0.15) is 31.2 Å². The fourth-order valence-corrected chi connectivity index (χ4v) is 5.97. The molecule has 37 heavy (non-hydrogen) atoms. The van der Waals surface area contributed by atoms with E-state index in [4.69, 9.17) is 0 Å². The molecule has 3 heterocycles. The fraction of sp³-hybridized carbons (Fsp3) is 0.292. The molecule has 4 rings (SSSR count). The third-order valence-corrected chi connectivity index (χ3v) is 8.21. The van der Waals surface area contributed by atoms with Crippen molar-refractivity contribution in [2.24, 2.45) is 0 Å². The summed E-state index contributed by atoms with van der Waals surface area (Å²) in [6.07, 6.45) is -2.22. The molecule has 1 atom stereocenters. The highest BCUT2D eigenvalue weighted by Crippen LogP contribution is 2.35. The zero-order valence-electron chi connectivity index (χ0n) is 19.4. The second-order valence-electron chi connectivity index (χ2n) is 8.68. The maximum absolute atomic E-state index is 14.4. The Balaban J connectivity index is 1.52. The molecule has 1 aromatic carbocycles. The molecule has 0 unspecified atom stereocenters. The Hall–Kier alpha value is -3.45. The molecule has 1 saturated heterocycles. The predicted molar refractivity (Wildman–Crippen MR) is 122 cm³/mol. The van der Waals surface area contributed by atoms with Gasteiger partial charge in [0.15, 0.2) is 0 Å². The highest BCUT2D eigenvalue weighted by molar-refractivity contribution is 7.89. The molecule has 2 aromatic heterocycles. The summed E-state index contributed by atoms with van der Waals surface area (Å²) in [4.78, 5) is 20.2. The minimum Gasteiger partial charge on any atom is -0.349 e. The number of benzene rings is 1. The van der Waals surface area contributed by atoms with E-state index in [1.54, 1.807) is 0 Å². The predicted octanol–water partition coefficient (Wildman–Crippen LogP) is 4.30. The number of alkyl halides is 3. The molecule has 1 aliphatic heterocycles. The quantitative estimate of drug-likeness (QED) is 0.471. The van der Waals surface area contributed by atoms with Crippen molar-refractivity contribution in [1.82, 2.24) is 19.6 Å². The summed E-state index contributed by atoms with van der Waals surface area (Å²) in [5.74, 6) is -2.00. The van der Waals surface area contributed by atoms with Crippen LogP contribution in [0.15, 0.2) is 59.8 Å². The summed E-state index contributed by atoms with van der Waals surface area (Å²) in [5, 5.41) is 2.62. The molecule has 0 saturated carbocycles. The van der Waals surface area contributed by atoms with E-state index in [0.29, 0.717) is 6.42 Å². The highest BCUT2D eigenvalue weighted by atomic mass is 32.2. The molecule has 1 aliphatic rings. The summed E-state index contributed by atoms with van der Waals surface area (Å²) in [7, 11) is -4.10. The number of amides is 1. The lowest BCUT2D eigenvalue weighted by atomic mass is 9.99. The standard InChI is InChI=1S/C24H21F5N4O3S/c1-23(9-2-10-33(23)37(35,36)18-6-4-16(25)5-7-18)22(34)32-13-17-11-19(20(26)14-30-17)15-3-8-21(31-12-15)24(27,28)29/h3-8,11-12,14H,2,9-10,13H2,1H3,(H,32,34)/t23-/m0/s1. The van der Waals surface area contributed by atoms with Crippen LogP contribution in [0.2, 0.25) is 0 Å². The van der Waals surface area contributed by atoms with Crippen LogP contribution < -0.4 is 5.32 Å². The first kappa shape index (κ1) is 26.6. The van der Waals surface area contributed by atoms with Crippen molar-refractivity contribution in [3.05, 3.63) is 77.9 Å². The van der Waals surface area contributed by atoms with Crippen molar-refractivity contribution < 1.29 is 35.2 Å². The Labute approximate surface area is 209 Å². The van der Waals surface area contributed by atoms with Crippen molar-refractivity contribution in [2.45, 2.75) is 42.9 Å². The van der Waals surface area contributed by atoms with Gasteiger partial charge in [0, 0.05) is 23.9 Å². The number of pyridine rings is 2. The van der Waals surface area contributed by atoms with Crippen molar-refractivity contribution in [2.75, 3.05) is 6.54 Å². The molecule has 0 spiro atoms. The second kappa shape index (κ2) is 9.78. The first-order valence-corrected chi connectivity index (χ1v) is 12.5. The van der Waals surface area contributed by atoms with Gasteiger partial charge in [0.2, 0.25) is 15.9 Å². The normalized spacial score (nSPS) is 18.6. The van der Waals surface area contributed by atoms with Crippen molar-refractivity contribution in [1.29, 1.82) is 0 Å². The van der Waals surface area contributed by atoms with E-state index in [2.05, 4.69) is 15.3 Å². The Morgan fingerprint density at radius 1 is 1.08 bits per heavy atom. The van der Waals surface area contributed by atoms with E-state index in [0.717, 1.165) is 53.1 Å². The lowest BCUT2D eigenvalue weighted by Gasteiger charge is -2.33. The summed E-state index contributed by atoms with van der Waals surface area (Å²) < 4.78 is 93.3. The molecule has 1 fully saturated rings. The van der Waals surface area contributed by atoms with Crippen LogP contribution in [0.25, 0.3) is 11.1 Å². The molecular weight excluding hydrogens is 519 g/mol. The Morgan fingerprint density at radius 2 is 1.78 bits per heavy atom. The molecule has 0 aliphatic carbocycles. The van der Waals surface area contributed by atoms with Gasteiger partial charge in [-0.3, -0.25) is 14.8 Å². The topological polar surface area (TPSA) is 92.3 Å². The lowest BCUT2D eigenvalue weighted by Crippen LogP contribution is -2.55. The minimum atomic E-state index is -4.64.